The number of amides is 1. The third-order valence-electron chi connectivity index (χ3n) is 3.89. The van der Waals surface area contributed by atoms with Crippen molar-refractivity contribution in [3.05, 3.63) is 59.7 Å². The van der Waals surface area contributed by atoms with Crippen LogP contribution in [0.4, 0.5) is 5.69 Å². The molecule has 0 radical (unpaired) electrons. The van der Waals surface area contributed by atoms with Crippen molar-refractivity contribution in [2.75, 3.05) is 25.4 Å². The Labute approximate surface area is 159 Å². The summed E-state index contributed by atoms with van der Waals surface area (Å²) in [6.07, 6.45) is 0.0612. The molecule has 2 aromatic rings. The molecular weight excluding hydrogens is 368 g/mol. The van der Waals surface area contributed by atoms with Gasteiger partial charge in [-0.15, -0.1) is 0 Å². The summed E-state index contributed by atoms with van der Waals surface area (Å²) in [4.78, 5) is 25.0. The molecule has 27 heavy (non-hydrogen) atoms. The summed E-state index contributed by atoms with van der Waals surface area (Å²) in [7, 11) is -1.02. The highest BCUT2D eigenvalue weighted by atomic mass is 32.2. The molecule has 0 aliphatic rings. The van der Waals surface area contributed by atoms with Crippen molar-refractivity contribution in [2.45, 2.75) is 18.2 Å². The summed E-state index contributed by atoms with van der Waals surface area (Å²) in [6, 6.07) is 12.8. The minimum absolute atomic E-state index is 0.0174. The average molecular weight is 390 g/mol. The van der Waals surface area contributed by atoms with E-state index in [0.717, 1.165) is 5.56 Å². The standard InChI is InChI=1S/C19H22N2O5S/c1-14-6-4-8-16(12-14)20-27(24,25)17-9-5-7-15(13-17)19(23)21(2)11-10-18(22)26-3/h4-9,12-13,20H,10-11H2,1-3H3. The van der Waals surface area contributed by atoms with Crippen molar-refractivity contribution in [2.24, 2.45) is 0 Å². The summed E-state index contributed by atoms with van der Waals surface area (Å²) in [5.74, 6) is -0.806. The first-order valence-corrected chi connectivity index (χ1v) is 9.73. The minimum atomic E-state index is -3.84. The molecule has 0 bridgehead atoms. The maximum absolute atomic E-state index is 12.6. The predicted octanol–water partition coefficient (Wildman–Crippen LogP) is 2.43. The molecule has 8 heteroatoms. The lowest BCUT2D eigenvalue weighted by atomic mass is 10.2. The maximum Gasteiger partial charge on any atom is 0.307 e. The predicted molar refractivity (Wildman–Crippen MR) is 102 cm³/mol. The van der Waals surface area contributed by atoms with E-state index in [9.17, 15) is 18.0 Å². The van der Waals surface area contributed by atoms with Crippen LogP contribution in [0.25, 0.3) is 0 Å². The highest BCUT2D eigenvalue weighted by Crippen LogP contribution is 2.18. The van der Waals surface area contributed by atoms with Crippen LogP contribution in [-0.2, 0) is 19.6 Å². The Hall–Kier alpha value is -2.87. The van der Waals surface area contributed by atoms with Crippen molar-refractivity contribution >= 4 is 27.6 Å². The van der Waals surface area contributed by atoms with Gasteiger partial charge in [-0.05, 0) is 42.8 Å². The molecule has 2 rings (SSSR count). The van der Waals surface area contributed by atoms with Crippen LogP contribution in [0.1, 0.15) is 22.3 Å². The smallest absolute Gasteiger partial charge is 0.307 e. The van der Waals surface area contributed by atoms with E-state index >= 15 is 0 Å². The van der Waals surface area contributed by atoms with Gasteiger partial charge in [0.1, 0.15) is 0 Å². The van der Waals surface area contributed by atoms with Crippen molar-refractivity contribution in [3.8, 4) is 0 Å². The summed E-state index contributed by atoms with van der Waals surface area (Å²) in [5.41, 5.74) is 1.59. The topological polar surface area (TPSA) is 92.8 Å². The fourth-order valence-electron chi connectivity index (χ4n) is 2.40. The highest BCUT2D eigenvalue weighted by Gasteiger charge is 2.19. The van der Waals surface area contributed by atoms with Crippen LogP contribution in [0.2, 0.25) is 0 Å². The van der Waals surface area contributed by atoms with Crippen LogP contribution >= 0.6 is 0 Å². The molecule has 0 aromatic heterocycles. The van der Waals surface area contributed by atoms with E-state index in [1.54, 1.807) is 18.2 Å². The summed E-state index contributed by atoms with van der Waals surface area (Å²) in [6.45, 7) is 2.03. The number of nitrogens with zero attached hydrogens (tertiary/aromatic N) is 1. The van der Waals surface area contributed by atoms with Gasteiger partial charge in [0.2, 0.25) is 0 Å². The Morgan fingerprint density at radius 2 is 1.81 bits per heavy atom. The minimum Gasteiger partial charge on any atom is -0.469 e. The molecule has 1 N–H and O–H groups in total. The molecular formula is C19H22N2O5S. The Balaban J connectivity index is 2.18. The summed E-state index contributed by atoms with van der Waals surface area (Å²) in [5, 5.41) is 0. The van der Waals surface area contributed by atoms with E-state index in [0.29, 0.717) is 5.69 Å². The number of sulfonamides is 1. The zero-order valence-corrected chi connectivity index (χ0v) is 16.2. The molecule has 0 spiro atoms. The normalized spacial score (nSPS) is 10.9. The fourth-order valence-corrected chi connectivity index (χ4v) is 3.50. The number of anilines is 1. The van der Waals surface area contributed by atoms with Gasteiger partial charge in [0.15, 0.2) is 0 Å². The van der Waals surface area contributed by atoms with Crippen LogP contribution in [0, 0.1) is 6.92 Å². The van der Waals surface area contributed by atoms with Gasteiger partial charge in [0.05, 0.1) is 18.4 Å². The van der Waals surface area contributed by atoms with E-state index in [-0.39, 0.29) is 29.3 Å². The number of aryl methyl sites for hydroxylation is 1. The first-order valence-electron chi connectivity index (χ1n) is 8.25. The van der Waals surface area contributed by atoms with Crippen LogP contribution < -0.4 is 4.72 Å². The van der Waals surface area contributed by atoms with Gasteiger partial charge in [-0.3, -0.25) is 14.3 Å². The number of benzene rings is 2. The zero-order valence-electron chi connectivity index (χ0n) is 15.4. The second-order valence-corrected chi connectivity index (χ2v) is 7.74. The van der Waals surface area contributed by atoms with E-state index in [1.807, 2.05) is 13.0 Å². The second kappa shape index (κ2) is 8.68. The molecule has 0 aliphatic heterocycles. The molecule has 144 valence electrons. The van der Waals surface area contributed by atoms with Gasteiger partial charge in [0.25, 0.3) is 15.9 Å². The van der Waals surface area contributed by atoms with E-state index in [2.05, 4.69) is 9.46 Å². The number of rotatable bonds is 7. The third kappa shape index (κ3) is 5.55. The molecule has 0 saturated carbocycles. The quantitative estimate of drug-likeness (QED) is 0.733. The largest absolute Gasteiger partial charge is 0.469 e. The number of carbonyl (C=O) groups excluding carboxylic acids is 2. The summed E-state index contributed by atoms with van der Waals surface area (Å²) < 4.78 is 32.3. The van der Waals surface area contributed by atoms with Crippen molar-refractivity contribution < 1.29 is 22.7 Å². The van der Waals surface area contributed by atoms with Gasteiger partial charge < -0.3 is 9.64 Å². The SMILES string of the molecule is COC(=O)CCN(C)C(=O)c1cccc(S(=O)(=O)Nc2cccc(C)c2)c1. The monoisotopic (exact) mass is 390 g/mol. The first-order chi connectivity index (χ1) is 12.7. The van der Waals surface area contributed by atoms with Gasteiger partial charge in [-0.2, -0.15) is 0 Å². The molecule has 7 nitrogen and oxygen atoms in total. The number of nitrogens with one attached hydrogen (secondary N) is 1. The molecule has 0 unspecified atom stereocenters. The fraction of sp³-hybridized carbons (Fsp3) is 0.263. The van der Waals surface area contributed by atoms with Crippen LogP contribution in [-0.4, -0.2) is 45.9 Å². The van der Waals surface area contributed by atoms with Crippen molar-refractivity contribution in [1.29, 1.82) is 0 Å². The number of hydrogen-bond acceptors (Lipinski definition) is 5. The van der Waals surface area contributed by atoms with E-state index < -0.39 is 16.0 Å². The molecule has 0 saturated heterocycles. The van der Waals surface area contributed by atoms with Crippen LogP contribution in [0.3, 0.4) is 0 Å². The highest BCUT2D eigenvalue weighted by molar-refractivity contribution is 7.92. The van der Waals surface area contributed by atoms with Gasteiger partial charge in [0, 0.05) is 24.8 Å². The molecule has 2 aromatic carbocycles. The number of ether oxygens (including phenoxy) is 1. The van der Waals surface area contributed by atoms with Crippen LogP contribution in [0.15, 0.2) is 53.4 Å². The van der Waals surface area contributed by atoms with Gasteiger partial charge in [-0.25, -0.2) is 8.42 Å². The molecule has 0 aliphatic carbocycles. The Bertz CT molecular complexity index is 941. The van der Waals surface area contributed by atoms with E-state index in [1.165, 1.54) is 43.3 Å². The van der Waals surface area contributed by atoms with Crippen molar-refractivity contribution in [3.63, 3.8) is 0 Å². The third-order valence-corrected chi connectivity index (χ3v) is 5.27. The summed E-state index contributed by atoms with van der Waals surface area (Å²) >= 11 is 0. The van der Waals surface area contributed by atoms with Gasteiger partial charge in [-0.1, -0.05) is 18.2 Å². The first kappa shape index (κ1) is 20.4. The zero-order chi connectivity index (χ0) is 20.0. The second-order valence-electron chi connectivity index (χ2n) is 6.06. The van der Waals surface area contributed by atoms with E-state index in [4.69, 9.17) is 0 Å². The van der Waals surface area contributed by atoms with Crippen LogP contribution in [0.5, 0.6) is 0 Å². The average Bonchev–Trinajstić information content (AvgIpc) is 2.65. The lowest BCUT2D eigenvalue weighted by Crippen LogP contribution is -2.29. The Morgan fingerprint density at radius 3 is 2.48 bits per heavy atom. The molecule has 0 fully saturated rings. The number of hydrogen-bond donors (Lipinski definition) is 1. The number of carbonyl (C=O) groups is 2. The Kier molecular flexibility index (Phi) is 6.57. The lowest BCUT2D eigenvalue weighted by Gasteiger charge is -2.17. The van der Waals surface area contributed by atoms with Gasteiger partial charge >= 0.3 is 5.97 Å². The number of methoxy groups -OCH3 is 1. The van der Waals surface area contributed by atoms with Crippen molar-refractivity contribution in [1.82, 2.24) is 4.90 Å². The molecule has 0 atom stereocenters. The lowest BCUT2D eigenvalue weighted by molar-refractivity contribution is -0.140. The molecule has 1 amide bonds. The Morgan fingerprint density at radius 1 is 1.11 bits per heavy atom. The molecule has 0 heterocycles. The number of esters is 1. The maximum atomic E-state index is 12.6.